The van der Waals surface area contributed by atoms with Crippen molar-refractivity contribution in [2.45, 2.75) is 106 Å². The monoisotopic (exact) mass is 1000 g/mol. The predicted molar refractivity (Wildman–Crippen MR) is 294 cm³/mol. The number of rotatable bonds is 20. The van der Waals surface area contributed by atoms with E-state index in [1.54, 1.807) is 0 Å². The summed E-state index contributed by atoms with van der Waals surface area (Å²) in [5.74, 6) is 3.14. The molecule has 0 saturated carbocycles. The van der Waals surface area contributed by atoms with Gasteiger partial charge in [0.05, 0.1) is 21.8 Å². The summed E-state index contributed by atoms with van der Waals surface area (Å²) in [4.78, 5) is 35.1. The number of para-hydroxylation sites is 2. The fourth-order valence-corrected chi connectivity index (χ4v) is 13.7. The molecule has 0 spiro atoms. The van der Waals surface area contributed by atoms with E-state index in [1.807, 2.05) is 23.5 Å². The van der Waals surface area contributed by atoms with Gasteiger partial charge in [0.25, 0.3) is 0 Å². The minimum Gasteiger partial charge on any atom is -0.485 e. The number of aromatic nitrogens is 1. The predicted octanol–water partition coefficient (Wildman–Crippen LogP) is 10.8. The number of thioether (sulfide) groups is 2. The molecule has 0 aliphatic carbocycles. The van der Waals surface area contributed by atoms with Crippen molar-refractivity contribution in [1.29, 1.82) is 0 Å². The molecule has 13 heteroatoms. The first-order chi connectivity index (χ1) is 35.5. The Morgan fingerprint density at radius 2 is 1.50 bits per heavy atom. The number of hydrogen-bond acceptors (Lipinski definition) is 10. The number of carbonyl (C=O) groups excluding carboxylic acids is 2. The van der Waals surface area contributed by atoms with Crippen molar-refractivity contribution in [1.82, 2.24) is 15.5 Å². The molecule has 3 N–H and O–H groups in total. The highest BCUT2D eigenvalue weighted by atomic mass is 32.2. The van der Waals surface area contributed by atoms with E-state index in [0.29, 0.717) is 25.9 Å². The maximum absolute atomic E-state index is 12.7. The zero-order valence-corrected chi connectivity index (χ0v) is 43.3. The average molecular weight is 1000 g/mol. The van der Waals surface area contributed by atoms with Gasteiger partial charge in [-0.1, -0.05) is 54.6 Å². The molecule has 0 radical (unpaired) electrons. The molecule has 6 aliphatic heterocycles. The number of amides is 2. The van der Waals surface area contributed by atoms with Gasteiger partial charge in [-0.15, -0.1) is 11.8 Å². The van der Waals surface area contributed by atoms with Crippen LogP contribution in [0.4, 0.5) is 17.1 Å². The number of benzene rings is 4. The van der Waals surface area contributed by atoms with Crippen molar-refractivity contribution in [2.75, 3.05) is 73.7 Å². The van der Waals surface area contributed by atoms with Crippen LogP contribution in [-0.4, -0.2) is 87.5 Å². The Labute approximate surface area is 433 Å². The molecule has 11 nitrogen and oxygen atoms in total. The Morgan fingerprint density at radius 1 is 0.764 bits per heavy atom. The Balaban J connectivity index is 0.540. The Morgan fingerprint density at radius 3 is 2.35 bits per heavy atom. The van der Waals surface area contributed by atoms with Gasteiger partial charge < -0.3 is 40.1 Å². The third kappa shape index (κ3) is 10.5. The number of pyridine rings is 1. The van der Waals surface area contributed by atoms with E-state index < -0.39 is 0 Å². The van der Waals surface area contributed by atoms with Crippen LogP contribution in [0.25, 0.3) is 22.0 Å². The molecule has 2 atom stereocenters. The fraction of sp³-hybridized carbons (Fsp3) is 0.407. The van der Waals surface area contributed by atoms with Crippen molar-refractivity contribution in [3.8, 4) is 11.5 Å². The van der Waals surface area contributed by atoms with Crippen molar-refractivity contribution in [3.63, 3.8) is 0 Å². The lowest BCUT2D eigenvalue weighted by Crippen LogP contribution is -2.38. The lowest BCUT2D eigenvalue weighted by molar-refractivity contribution is -0.671. The number of unbranched alkanes of at least 4 members (excludes halogenated alkanes) is 4. The van der Waals surface area contributed by atoms with Gasteiger partial charge >= 0.3 is 0 Å². The van der Waals surface area contributed by atoms with Gasteiger partial charge in [0.15, 0.2) is 6.20 Å². The number of fused-ring (bicyclic) bond motifs is 7. The summed E-state index contributed by atoms with van der Waals surface area (Å²) in [7, 11) is 2.11. The van der Waals surface area contributed by atoms with Crippen molar-refractivity contribution in [3.05, 3.63) is 131 Å². The molecule has 2 amide bonds. The van der Waals surface area contributed by atoms with E-state index in [9.17, 15) is 9.59 Å². The average Bonchev–Trinajstić information content (AvgIpc) is 3.82. The second-order valence-electron chi connectivity index (χ2n) is 19.9. The molecule has 374 valence electrons. The van der Waals surface area contributed by atoms with Crippen LogP contribution in [0.5, 0.6) is 11.5 Å². The van der Waals surface area contributed by atoms with E-state index in [0.717, 1.165) is 121 Å². The Bertz CT molecular complexity index is 2920. The lowest BCUT2D eigenvalue weighted by Gasteiger charge is -2.37. The molecule has 11 rings (SSSR count). The van der Waals surface area contributed by atoms with Crippen molar-refractivity contribution < 1.29 is 23.6 Å². The number of carbonyl (C=O) groups is 2. The highest BCUT2D eigenvalue weighted by Crippen LogP contribution is 2.54. The van der Waals surface area contributed by atoms with Crippen LogP contribution in [0, 0.1) is 0 Å². The quantitative estimate of drug-likeness (QED) is 0.0516. The van der Waals surface area contributed by atoms with Gasteiger partial charge in [0, 0.05) is 121 Å². The van der Waals surface area contributed by atoms with Gasteiger partial charge in [0.2, 0.25) is 17.3 Å². The molecule has 0 bridgehead atoms. The summed E-state index contributed by atoms with van der Waals surface area (Å²) >= 11 is 3.76. The molecule has 72 heavy (non-hydrogen) atoms. The summed E-state index contributed by atoms with van der Waals surface area (Å²) in [6.07, 6.45) is 17.5. The number of nitrogens with one attached hydrogen (secondary N) is 3. The highest BCUT2D eigenvalue weighted by Gasteiger charge is 2.41. The van der Waals surface area contributed by atoms with Crippen LogP contribution in [0.15, 0.2) is 130 Å². The molecular formula is C59H68N7O4S2+. The SMILES string of the molecule is CN(CCCNC(=O)CCCCCN1C=CC2=C3CSc4ccccc4NCCC3Oc3cccc1c32)CCCNC(=O)CCCCC[n+]1ccc2c3c(cccc31)OC1CCN3C(=C21)Sc1ccccc13. The van der Waals surface area contributed by atoms with E-state index >= 15 is 0 Å². The fourth-order valence-electron chi connectivity index (χ4n) is 11.3. The summed E-state index contributed by atoms with van der Waals surface area (Å²) in [5, 5.41) is 12.4. The van der Waals surface area contributed by atoms with Gasteiger partial charge in [-0.3, -0.25) is 9.59 Å². The number of anilines is 3. The van der Waals surface area contributed by atoms with Gasteiger partial charge in [-0.2, -0.15) is 4.57 Å². The van der Waals surface area contributed by atoms with Crippen LogP contribution in [0.1, 0.15) is 88.2 Å². The van der Waals surface area contributed by atoms with Crippen LogP contribution >= 0.6 is 23.5 Å². The molecule has 0 saturated heterocycles. The number of ether oxygens (including phenoxy) is 2. The Hall–Kier alpha value is -5.89. The minimum atomic E-state index is 0.0628. The minimum absolute atomic E-state index is 0.0628. The molecule has 2 unspecified atom stereocenters. The Kier molecular flexibility index (Phi) is 15.1. The summed E-state index contributed by atoms with van der Waals surface area (Å²) in [5.41, 5.74) is 11.5. The third-order valence-electron chi connectivity index (χ3n) is 15.0. The van der Waals surface area contributed by atoms with Crippen molar-refractivity contribution in [2.24, 2.45) is 0 Å². The van der Waals surface area contributed by atoms with E-state index in [4.69, 9.17) is 9.47 Å². The van der Waals surface area contributed by atoms with Crippen LogP contribution in [-0.2, 0) is 16.1 Å². The standard InChI is InChI=1S/C59H67N7O4S2/c1-63(33-14-30-61-54(67)24-4-2-10-35-64-37-27-41-43-40-71-52-22-8-6-16-44(52)60-32-26-48(43)69-49-20-12-18-46(64)56(41)49)34-15-31-62-55(68)25-5-3-11-36-65-38-28-42-57-47(65)19-13-21-50(57)70-51-29-39-66-45-17-7-9-23-53(45)72-59(66)58(42)51/h6-9,12-13,16-23,27-28,37-38,48,51,60H,2-5,10-11,14-15,24-26,29-36,39-40H2,1H3,(H-,61,62,67,68)/p+1. The molecule has 1 aromatic heterocycles. The first-order valence-corrected chi connectivity index (χ1v) is 28.3. The second kappa shape index (κ2) is 22.5. The summed E-state index contributed by atoms with van der Waals surface area (Å²) in [6.45, 7) is 6.83. The smallest absolute Gasteiger partial charge is 0.219 e. The van der Waals surface area contributed by atoms with Crippen LogP contribution in [0.3, 0.4) is 0 Å². The lowest BCUT2D eigenvalue weighted by atomic mass is 9.89. The van der Waals surface area contributed by atoms with Crippen LogP contribution < -0.4 is 39.8 Å². The normalized spacial score (nSPS) is 18.1. The van der Waals surface area contributed by atoms with Crippen LogP contribution in [0.2, 0.25) is 0 Å². The second-order valence-corrected chi connectivity index (χ2v) is 22.0. The first kappa shape index (κ1) is 48.4. The van der Waals surface area contributed by atoms with E-state index in [2.05, 4.69) is 152 Å². The largest absolute Gasteiger partial charge is 0.485 e. The summed E-state index contributed by atoms with van der Waals surface area (Å²) in [6, 6.07) is 32.5. The number of aryl methyl sites for hydroxylation is 1. The number of allylic oxidation sites excluding steroid dienone is 2. The van der Waals surface area contributed by atoms with Gasteiger partial charge in [-0.25, -0.2) is 0 Å². The number of nitrogens with zero attached hydrogens (tertiary/aromatic N) is 4. The maximum Gasteiger partial charge on any atom is 0.219 e. The van der Waals surface area contributed by atoms with E-state index in [-0.39, 0.29) is 24.0 Å². The molecule has 6 aliphatic rings. The highest BCUT2D eigenvalue weighted by molar-refractivity contribution is 8.04. The van der Waals surface area contributed by atoms with Gasteiger partial charge in [0.1, 0.15) is 30.3 Å². The van der Waals surface area contributed by atoms with Crippen molar-refractivity contribution >= 4 is 74.4 Å². The number of hydrogen-bond donors (Lipinski definition) is 3. The molecular weight excluding hydrogens is 935 g/mol. The zero-order chi connectivity index (χ0) is 48.8. The molecule has 5 aromatic rings. The topological polar surface area (TPSA) is 102 Å². The third-order valence-corrected chi connectivity index (χ3v) is 17.3. The maximum atomic E-state index is 12.7. The first-order valence-electron chi connectivity index (χ1n) is 26.5. The molecule has 4 aromatic carbocycles. The molecule has 0 fully saturated rings. The zero-order valence-electron chi connectivity index (χ0n) is 41.6. The molecule has 7 heterocycles. The van der Waals surface area contributed by atoms with E-state index in [1.165, 1.54) is 70.6 Å². The summed E-state index contributed by atoms with van der Waals surface area (Å²) < 4.78 is 15.8. The van der Waals surface area contributed by atoms with Gasteiger partial charge in [-0.05, 0) is 118 Å².